The molecule has 1 saturated heterocycles. The molecule has 0 spiro atoms. The van der Waals surface area contributed by atoms with Crippen molar-refractivity contribution in [3.63, 3.8) is 0 Å². The fourth-order valence-electron chi connectivity index (χ4n) is 2.65. The number of nitrogens with one attached hydrogen (secondary N) is 1. The fraction of sp³-hybridized carbons (Fsp3) is 0.176. The maximum absolute atomic E-state index is 12.8. The molecular formula is C17H14Cl2N2O2. The first kappa shape index (κ1) is 15.8. The van der Waals surface area contributed by atoms with Gasteiger partial charge in [0.05, 0.1) is 10.0 Å². The van der Waals surface area contributed by atoms with E-state index in [1.165, 1.54) is 6.07 Å². The number of benzene rings is 2. The van der Waals surface area contributed by atoms with Gasteiger partial charge in [0.15, 0.2) is 0 Å². The lowest BCUT2D eigenvalue weighted by molar-refractivity contribution is -0.128. The highest BCUT2D eigenvalue weighted by Crippen LogP contribution is 2.27. The van der Waals surface area contributed by atoms with Gasteiger partial charge in [0.1, 0.15) is 6.04 Å². The Kier molecular flexibility index (Phi) is 4.55. The van der Waals surface area contributed by atoms with Crippen LogP contribution in [0.1, 0.15) is 22.0 Å². The standard InChI is InChI=1S/C17H14Cl2N2O2/c18-13-7-6-12(10-14(13)19)17(23)21-9-8-20-16(22)15(21)11-4-2-1-3-5-11/h1-7,10,15H,8-9H2,(H,20,22). The number of carbonyl (C=O) groups is 2. The number of hydrogen-bond donors (Lipinski definition) is 1. The molecule has 2 aromatic rings. The summed E-state index contributed by atoms with van der Waals surface area (Å²) in [5.74, 6) is -0.428. The van der Waals surface area contributed by atoms with Crippen LogP contribution in [0, 0.1) is 0 Å². The maximum atomic E-state index is 12.8. The van der Waals surface area contributed by atoms with E-state index in [-0.39, 0.29) is 11.8 Å². The van der Waals surface area contributed by atoms with Crippen molar-refractivity contribution < 1.29 is 9.59 Å². The van der Waals surface area contributed by atoms with Crippen LogP contribution in [0.3, 0.4) is 0 Å². The number of hydrogen-bond acceptors (Lipinski definition) is 2. The maximum Gasteiger partial charge on any atom is 0.254 e. The first-order chi connectivity index (χ1) is 11.1. The Morgan fingerprint density at radius 2 is 1.83 bits per heavy atom. The third kappa shape index (κ3) is 3.19. The fourth-order valence-corrected chi connectivity index (χ4v) is 2.95. The van der Waals surface area contributed by atoms with E-state index in [1.807, 2.05) is 30.3 Å². The number of carbonyl (C=O) groups excluding carboxylic acids is 2. The van der Waals surface area contributed by atoms with E-state index in [9.17, 15) is 9.59 Å². The monoisotopic (exact) mass is 348 g/mol. The molecule has 118 valence electrons. The Balaban J connectivity index is 1.96. The molecule has 0 aromatic heterocycles. The van der Waals surface area contributed by atoms with E-state index in [4.69, 9.17) is 23.2 Å². The van der Waals surface area contributed by atoms with Gasteiger partial charge in [-0.2, -0.15) is 0 Å². The Morgan fingerprint density at radius 3 is 2.52 bits per heavy atom. The lowest BCUT2D eigenvalue weighted by Crippen LogP contribution is -2.52. The second-order valence-corrected chi connectivity index (χ2v) is 6.05. The molecule has 23 heavy (non-hydrogen) atoms. The van der Waals surface area contributed by atoms with Gasteiger partial charge in [-0.3, -0.25) is 9.59 Å². The zero-order valence-corrected chi connectivity index (χ0v) is 13.6. The smallest absolute Gasteiger partial charge is 0.254 e. The first-order valence-electron chi connectivity index (χ1n) is 7.16. The molecule has 1 fully saturated rings. The van der Waals surface area contributed by atoms with Crippen molar-refractivity contribution in [3.05, 3.63) is 69.7 Å². The third-order valence-corrected chi connectivity index (χ3v) is 4.49. The second kappa shape index (κ2) is 6.60. The second-order valence-electron chi connectivity index (χ2n) is 5.23. The Bertz CT molecular complexity index is 750. The van der Waals surface area contributed by atoms with Crippen LogP contribution in [-0.4, -0.2) is 29.8 Å². The van der Waals surface area contributed by atoms with E-state index >= 15 is 0 Å². The van der Waals surface area contributed by atoms with E-state index < -0.39 is 6.04 Å². The highest BCUT2D eigenvalue weighted by atomic mass is 35.5. The van der Waals surface area contributed by atoms with Crippen LogP contribution in [-0.2, 0) is 4.79 Å². The number of halogens is 2. The molecular weight excluding hydrogens is 335 g/mol. The zero-order chi connectivity index (χ0) is 16.4. The van der Waals surface area contributed by atoms with Crippen LogP contribution in [0.4, 0.5) is 0 Å². The van der Waals surface area contributed by atoms with E-state index in [0.717, 1.165) is 5.56 Å². The van der Waals surface area contributed by atoms with Gasteiger partial charge in [-0.15, -0.1) is 0 Å². The van der Waals surface area contributed by atoms with Gasteiger partial charge in [0.25, 0.3) is 5.91 Å². The van der Waals surface area contributed by atoms with E-state index in [1.54, 1.807) is 17.0 Å². The van der Waals surface area contributed by atoms with Crippen LogP contribution in [0.2, 0.25) is 10.0 Å². The highest BCUT2D eigenvalue weighted by Gasteiger charge is 2.34. The van der Waals surface area contributed by atoms with Gasteiger partial charge >= 0.3 is 0 Å². The topological polar surface area (TPSA) is 49.4 Å². The Morgan fingerprint density at radius 1 is 1.09 bits per heavy atom. The average molecular weight is 349 g/mol. The van der Waals surface area contributed by atoms with Crippen molar-refractivity contribution in [2.45, 2.75) is 6.04 Å². The molecule has 1 N–H and O–H groups in total. The Hall–Kier alpha value is -2.04. The molecule has 1 unspecified atom stereocenters. The molecule has 2 amide bonds. The van der Waals surface area contributed by atoms with Crippen molar-refractivity contribution >= 4 is 35.0 Å². The van der Waals surface area contributed by atoms with E-state index in [2.05, 4.69) is 5.32 Å². The molecule has 1 aliphatic heterocycles. The highest BCUT2D eigenvalue weighted by molar-refractivity contribution is 6.42. The molecule has 4 nitrogen and oxygen atoms in total. The minimum Gasteiger partial charge on any atom is -0.352 e. The summed E-state index contributed by atoms with van der Waals surface area (Å²) >= 11 is 11.9. The first-order valence-corrected chi connectivity index (χ1v) is 7.92. The average Bonchev–Trinajstić information content (AvgIpc) is 2.57. The molecule has 0 aliphatic carbocycles. The zero-order valence-electron chi connectivity index (χ0n) is 12.1. The summed E-state index contributed by atoms with van der Waals surface area (Å²) < 4.78 is 0. The van der Waals surface area contributed by atoms with Crippen molar-refractivity contribution in [3.8, 4) is 0 Å². The van der Waals surface area contributed by atoms with Gasteiger partial charge in [0, 0.05) is 18.7 Å². The van der Waals surface area contributed by atoms with Crippen LogP contribution in [0.25, 0.3) is 0 Å². The largest absolute Gasteiger partial charge is 0.352 e. The van der Waals surface area contributed by atoms with Gasteiger partial charge in [-0.05, 0) is 23.8 Å². The van der Waals surface area contributed by atoms with Crippen molar-refractivity contribution in [2.75, 3.05) is 13.1 Å². The molecule has 0 radical (unpaired) electrons. The Labute approximate surface area is 144 Å². The predicted octanol–water partition coefficient (Wildman–Crippen LogP) is 3.31. The molecule has 0 saturated carbocycles. The number of rotatable bonds is 2. The lowest BCUT2D eigenvalue weighted by Gasteiger charge is -2.35. The summed E-state index contributed by atoms with van der Waals surface area (Å²) in [6.45, 7) is 0.861. The van der Waals surface area contributed by atoms with Gasteiger partial charge < -0.3 is 10.2 Å². The summed E-state index contributed by atoms with van der Waals surface area (Å²) in [5.41, 5.74) is 1.19. The van der Waals surface area contributed by atoms with Crippen molar-refractivity contribution in [1.82, 2.24) is 10.2 Å². The van der Waals surface area contributed by atoms with Crippen LogP contribution >= 0.6 is 23.2 Å². The van der Waals surface area contributed by atoms with Crippen LogP contribution < -0.4 is 5.32 Å². The lowest BCUT2D eigenvalue weighted by atomic mass is 10.0. The summed E-state index contributed by atoms with van der Waals surface area (Å²) in [4.78, 5) is 26.7. The molecule has 0 bridgehead atoms. The van der Waals surface area contributed by atoms with Crippen molar-refractivity contribution in [2.24, 2.45) is 0 Å². The van der Waals surface area contributed by atoms with Gasteiger partial charge in [0.2, 0.25) is 5.91 Å². The minimum atomic E-state index is -0.646. The minimum absolute atomic E-state index is 0.184. The predicted molar refractivity (Wildman–Crippen MR) is 89.7 cm³/mol. The number of nitrogens with zero attached hydrogens (tertiary/aromatic N) is 1. The molecule has 1 aliphatic rings. The summed E-state index contributed by atoms with van der Waals surface area (Å²) in [7, 11) is 0. The summed E-state index contributed by atoms with van der Waals surface area (Å²) in [6, 6.07) is 13.3. The van der Waals surface area contributed by atoms with Gasteiger partial charge in [-0.25, -0.2) is 0 Å². The van der Waals surface area contributed by atoms with Gasteiger partial charge in [-0.1, -0.05) is 53.5 Å². The SMILES string of the molecule is O=C1NCCN(C(=O)c2ccc(Cl)c(Cl)c2)C1c1ccccc1. The van der Waals surface area contributed by atoms with Crippen LogP contribution in [0.5, 0.6) is 0 Å². The van der Waals surface area contributed by atoms with Crippen LogP contribution in [0.15, 0.2) is 48.5 Å². The normalized spacial score (nSPS) is 17.7. The summed E-state index contributed by atoms with van der Waals surface area (Å²) in [5, 5.41) is 3.51. The molecule has 2 aromatic carbocycles. The number of amides is 2. The number of piperazine rings is 1. The molecule has 3 rings (SSSR count). The molecule has 1 atom stereocenters. The molecule has 6 heteroatoms. The third-order valence-electron chi connectivity index (χ3n) is 3.75. The molecule has 1 heterocycles. The van der Waals surface area contributed by atoms with E-state index in [0.29, 0.717) is 28.7 Å². The van der Waals surface area contributed by atoms with Crippen molar-refractivity contribution in [1.29, 1.82) is 0 Å². The quantitative estimate of drug-likeness (QED) is 0.904. The summed E-state index contributed by atoms with van der Waals surface area (Å²) in [6.07, 6.45) is 0.